The highest BCUT2D eigenvalue weighted by molar-refractivity contribution is 7.14. The Balaban J connectivity index is 1.19. The van der Waals surface area contributed by atoms with Crippen molar-refractivity contribution >= 4 is 34.1 Å². The number of oxime groups is 1. The van der Waals surface area contributed by atoms with Crippen molar-refractivity contribution in [1.29, 1.82) is 0 Å². The molecule has 1 saturated carbocycles. The minimum Gasteiger partial charge on any atom is -0.476 e. The molecule has 0 unspecified atom stereocenters. The summed E-state index contributed by atoms with van der Waals surface area (Å²) in [5.41, 5.74) is 1.96. The summed E-state index contributed by atoms with van der Waals surface area (Å²) >= 11 is 1.26. The number of benzene rings is 5. The zero-order valence-electron chi connectivity index (χ0n) is 27.6. The van der Waals surface area contributed by atoms with Crippen LogP contribution in [0.15, 0.2) is 162 Å². The first-order chi connectivity index (χ1) is 25.0. The molecule has 51 heavy (non-hydrogen) atoms. The Morgan fingerprint density at radius 1 is 0.725 bits per heavy atom. The van der Waals surface area contributed by atoms with Crippen LogP contribution in [0.5, 0.6) is 0 Å². The van der Waals surface area contributed by atoms with E-state index in [9.17, 15) is 14.7 Å². The molecule has 1 aliphatic carbocycles. The fourth-order valence-electron chi connectivity index (χ4n) is 6.34. The largest absolute Gasteiger partial charge is 0.476 e. The highest BCUT2D eigenvalue weighted by Crippen LogP contribution is 2.42. The van der Waals surface area contributed by atoms with Crippen molar-refractivity contribution in [2.75, 3.05) is 5.32 Å². The van der Waals surface area contributed by atoms with Gasteiger partial charge in [0.25, 0.3) is 0 Å². The fourth-order valence-corrected chi connectivity index (χ4v) is 7.09. The van der Waals surface area contributed by atoms with Crippen LogP contribution in [0.3, 0.4) is 0 Å². The van der Waals surface area contributed by atoms with Gasteiger partial charge in [-0.2, -0.15) is 0 Å². The van der Waals surface area contributed by atoms with E-state index in [1.165, 1.54) is 11.3 Å². The Bertz CT molecular complexity index is 1970. The molecule has 0 saturated heterocycles. The smallest absolute Gasteiger partial charge is 0.360 e. The Morgan fingerprint density at radius 2 is 1.18 bits per heavy atom. The number of nitrogens with zero attached hydrogens (tertiary/aromatic N) is 2. The minimum absolute atomic E-state index is 0.104. The van der Waals surface area contributed by atoms with Gasteiger partial charge in [0.1, 0.15) is 11.2 Å². The van der Waals surface area contributed by atoms with Crippen LogP contribution in [-0.2, 0) is 24.7 Å². The molecule has 1 fully saturated rings. The molecule has 8 nitrogen and oxygen atoms in total. The van der Waals surface area contributed by atoms with E-state index in [2.05, 4.69) is 46.9 Å². The van der Waals surface area contributed by atoms with Crippen molar-refractivity contribution in [3.05, 3.63) is 191 Å². The van der Waals surface area contributed by atoms with Crippen molar-refractivity contribution in [2.24, 2.45) is 5.16 Å². The third-order valence-corrected chi connectivity index (χ3v) is 9.90. The first-order valence-corrected chi connectivity index (χ1v) is 17.6. The fraction of sp³-hybridized carbons (Fsp3) is 0.143. The molecule has 7 rings (SSSR count). The van der Waals surface area contributed by atoms with Crippen LogP contribution in [-0.4, -0.2) is 33.3 Å². The van der Waals surface area contributed by atoms with E-state index in [4.69, 9.17) is 14.6 Å². The molecule has 0 amide bonds. The number of nitrogens with one attached hydrogen (secondary N) is 1. The van der Waals surface area contributed by atoms with E-state index < -0.39 is 34.9 Å². The van der Waals surface area contributed by atoms with Gasteiger partial charge >= 0.3 is 11.9 Å². The zero-order chi connectivity index (χ0) is 35.1. The van der Waals surface area contributed by atoms with Crippen LogP contribution in [0.1, 0.15) is 58.9 Å². The summed E-state index contributed by atoms with van der Waals surface area (Å²) < 4.78 is 6.11. The van der Waals surface area contributed by atoms with Gasteiger partial charge in [0.15, 0.2) is 11.2 Å². The van der Waals surface area contributed by atoms with Crippen molar-refractivity contribution in [2.45, 2.75) is 36.5 Å². The summed E-state index contributed by atoms with van der Waals surface area (Å²) in [5.74, 6) is -1.93. The van der Waals surface area contributed by atoms with Crippen molar-refractivity contribution in [3.8, 4) is 0 Å². The lowest BCUT2D eigenvalue weighted by atomic mass is 9.77. The number of thiazole rings is 1. The number of carbonyl (C=O) groups excluding carboxylic acids is 1. The second kappa shape index (κ2) is 14.8. The van der Waals surface area contributed by atoms with Gasteiger partial charge in [0.2, 0.25) is 11.3 Å². The maximum atomic E-state index is 13.8. The quantitative estimate of drug-likeness (QED) is 0.0540. The standard InChI is InChI=1S/C42H35N3O5S/c46-38(47)36(45-50-41(27-16-28-41)39(48)49-37(30-17-6-1-7-18-30)31-19-8-2-9-20-31)35-29-51-40(43-35)44-42(32-21-10-3-11-22-32,33-23-12-4-13-24-33)34-25-14-5-15-26-34/h1-15,17-26,29,37H,16,27-28H2,(H,43,44)(H,46,47)/b45-36+. The number of carboxylic acid groups (broad SMARTS) is 1. The lowest BCUT2D eigenvalue weighted by Gasteiger charge is -2.37. The molecule has 1 heterocycles. The summed E-state index contributed by atoms with van der Waals surface area (Å²) in [4.78, 5) is 37.0. The van der Waals surface area contributed by atoms with E-state index in [1.807, 2.05) is 115 Å². The van der Waals surface area contributed by atoms with Gasteiger partial charge in [0.05, 0.1) is 0 Å². The van der Waals surface area contributed by atoms with E-state index in [0.717, 1.165) is 27.8 Å². The minimum atomic E-state index is -1.41. The van der Waals surface area contributed by atoms with Gasteiger partial charge in [0, 0.05) is 18.2 Å². The average molecular weight is 694 g/mol. The van der Waals surface area contributed by atoms with Crippen LogP contribution in [0.4, 0.5) is 5.13 Å². The Kier molecular flexibility index (Phi) is 9.72. The van der Waals surface area contributed by atoms with E-state index in [1.54, 1.807) is 5.38 Å². The third kappa shape index (κ3) is 6.89. The number of esters is 1. The highest BCUT2D eigenvalue weighted by atomic mass is 32.1. The maximum absolute atomic E-state index is 13.8. The predicted molar refractivity (Wildman–Crippen MR) is 198 cm³/mol. The SMILES string of the molecule is O=C(O)/C(=N/OC1(C(=O)OC(c2ccccc2)c2ccccc2)CCC1)c1csc(NC(c2ccccc2)(c2ccccc2)c2ccccc2)n1. The Hall–Kier alpha value is -6.06. The lowest BCUT2D eigenvalue weighted by molar-refractivity contribution is -0.189. The molecule has 2 N–H and O–H groups in total. The molecule has 0 radical (unpaired) electrons. The summed E-state index contributed by atoms with van der Waals surface area (Å²) in [6.45, 7) is 0. The topological polar surface area (TPSA) is 110 Å². The number of rotatable bonds is 13. The highest BCUT2D eigenvalue weighted by Gasteiger charge is 2.50. The molecular formula is C42H35N3O5S. The molecule has 1 aromatic heterocycles. The summed E-state index contributed by atoms with van der Waals surface area (Å²) in [6.07, 6.45) is 0.724. The van der Waals surface area contributed by atoms with Gasteiger partial charge in [-0.25, -0.2) is 14.6 Å². The lowest BCUT2D eigenvalue weighted by Crippen LogP contribution is -2.48. The average Bonchev–Trinajstić information content (AvgIpc) is 3.63. The van der Waals surface area contributed by atoms with Crippen LogP contribution in [0.2, 0.25) is 0 Å². The van der Waals surface area contributed by atoms with Crippen LogP contribution in [0.25, 0.3) is 0 Å². The summed E-state index contributed by atoms with van der Waals surface area (Å²) in [6, 6.07) is 49.1. The number of hydrogen-bond donors (Lipinski definition) is 2. The van der Waals surface area contributed by atoms with E-state index >= 15 is 0 Å². The Morgan fingerprint density at radius 3 is 1.59 bits per heavy atom. The van der Waals surface area contributed by atoms with Gasteiger partial charge in [-0.05, 0) is 34.2 Å². The molecule has 0 spiro atoms. The molecule has 254 valence electrons. The number of anilines is 1. The monoisotopic (exact) mass is 693 g/mol. The molecule has 0 bridgehead atoms. The normalized spacial score (nSPS) is 13.9. The van der Waals surface area contributed by atoms with Gasteiger partial charge in [-0.1, -0.05) is 157 Å². The molecule has 1 aliphatic rings. The number of aliphatic carboxylic acids is 1. The van der Waals surface area contributed by atoms with Gasteiger partial charge in [-0.15, -0.1) is 11.3 Å². The number of hydrogen-bond acceptors (Lipinski definition) is 8. The van der Waals surface area contributed by atoms with Crippen LogP contribution >= 0.6 is 11.3 Å². The second-order valence-electron chi connectivity index (χ2n) is 12.3. The third-order valence-electron chi connectivity index (χ3n) is 9.14. The Labute approximate surface area is 300 Å². The number of carboxylic acids is 1. The maximum Gasteiger partial charge on any atom is 0.360 e. The molecule has 6 aromatic rings. The summed E-state index contributed by atoms with van der Waals surface area (Å²) in [5, 5.41) is 20.1. The predicted octanol–water partition coefficient (Wildman–Crippen LogP) is 8.61. The first kappa shape index (κ1) is 33.4. The van der Waals surface area contributed by atoms with Gasteiger partial charge in [-0.3, -0.25) is 0 Å². The van der Waals surface area contributed by atoms with Crippen LogP contribution < -0.4 is 5.32 Å². The van der Waals surface area contributed by atoms with E-state index in [0.29, 0.717) is 24.4 Å². The molecule has 5 aromatic carbocycles. The first-order valence-electron chi connectivity index (χ1n) is 16.7. The second-order valence-corrected chi connectivity index (χ2v) is 13.2. The van der Waals surface area contributed by atoms with Gasteiger partial charge < -0.3 is 20.0 Å². The molecule has 0 atom stereocenters. The summed E-state index contributed by atoms with van der Waals surface area (Å²) in [7, 11) is 0. The van der Waals surface area contributed by atoms with Crippen molar-refractivity contribution in [3.63, 3.8) is 0 Å². The van der Waals surface area contributed by atoms with Crippen LogP contribution in [0, 0.1) is 0 Å². The number of carbonyl (C=O) groups is 2. The van der Waals surface area contributed by atoms with Crippen molar-refractivity contribution < 1.29 is 24.3 Å². The molecule has 0 aliphatic heterocycles. The molecule has 9 heteroatoms. The number of ether oxygens (including phenoxy) is 1. The zero-order valence-corrected chi connectivity index (χ0v) is 28.4. The molecular weight excluding hydrogens is 659 g/mol. The van der Waals surface area contributed by atoms with E-state index in [-0.39, 0.29) is 5.69 Å². The number of aromatic nitrogens is 1. The van der Waals surface area contributed by atoms with Crippen molar-refractivity contribution in [1.82, 2.24) is 4.98 Å².